The van der Waals surface area contributed by atoms with Gasteiger partial charge < -0.3 is 19.9 Å². The summed E-state index contributed by atoms with van der Waals surface area (Å²) in [6.07, 6.45) is 0. The van der Waals surface area contributed by atoms with Gasteiger partial charge in [0.05, 0.1) is 20.8 Å². The molecule has 118 valence electrons. The highest BCUT2D eigenvalue weighted by Gasteiger charge is 2.06. The standard InChI is InChI=1S/C18H23NO3/c1-12-7-14(8-13(2)18(12)22-4)10-19-16-5-6-17(21-3)15(9-16)11-20/h5-9,19-20H,10-11H2,1-4H3. The maximum absolute atomic E-state index is 9.37. The largest absolute Gasteiger partial charge is 0.496 e. The second kappa shape index (κ2) is 7.18. The summed E-state index contributed by atoms with van der Waals surface area (Å²) in [6.45, 7) is 4.77. The van der Waals surface area contributed by atoms with Gasteiger partial charge in [-0.05, 0) is 48.7 Å². The van der Waals surface area contributed by atoms with Gasteiger partial charge in [-0.25, -0.2) is 0 Å². The molecule has 22 heavy (non-hydrogen) atoms. The summed E-state index contributed by atoms with van der Waals surface area (Å²) in [6, 6.07) is 9.95. The van der Waals surface area contributed by atoms with Crippen molar-refractivity contribution < 1.29 is 14.6 Å². The molecule has 2 aromatic carbocycles. The van der Waals surface area contributed by atoms with E-state index in [2.05, 4.69) is 17.4 Å². The van der Waals surface area contributed by atoms with Crippen molar-refractivity contribution in [3.05, 3.63) is 52.6 Å². The van der Waals surface area contributed by atoms with Crippen LogP contribution in [-0.2, 0) is 13.2 Å². The number of nitrogens with one attached hydrogen (secondary N) is 1. The van der Waals surface area contributed by atoms with Crippen molar-refractivity contribution in [3.63, 3.8) is 0 Å². The van der Waals surface area contributed by atoms with Gasteiger partial charge in [0, 0.05) is 17.8 Å². The molecule has 2 aromatic rings. The second-order valence-corrected chi connectivity index (χ2v) is 5.30. The molecule has 4 heteroatoms. The van der Waals surface area contributed by atoms with Crippen molar-refractivity contribution >= 4 is 5.69 Å². The lowest BCUT2D eigenvalue weighted by Crippen LogP contribution is -2.02. The Morgan fingerprint density at radius 2 is 1.68 bits per heavy atom. The van der Waals surface area contributed by atoms with Crippen molar-refractivity contribution in [3.8, 4) is 11.5 Å². The van der Waals surface area contributed by atoms with Gasteiger partial charge >= 0.3 is 0 Å². The van der Waals surface area contributed by atoms with Gasteiger partial charge in [-0.15, -0.1) is 0 Å². The van der Waals surface area contributed by atoms with Gasteiger partial charge in [0.25, 0.3) is 0 Å². The van der Waals surface area contributed by atoms with Crippen LogP contribution in [0.5, 0.6) is 11.5 Å². The summed E-state index contributed by atoms with van der Waals surface area (Å²) >= 11 is 0. The van der Waals surface area contributed by atoms with Crippen LogP contribution in [0.4, 0.5) is 5.69 Å². The highest BCUT2D eigenvalue weighted by Crippen LogP contribution is 2.26. The van der Waals surface area contributed by atoms with E-state index >= 15 is 0 Å². The first-order valence-electron chi connectivity index (χ1n) is 7.24. The average Bonchev–Trinajstić information content (AvgIpc) is 2.52. The number of aliphatic hydroxyl groups is 1. The van der Waals surface area contributed by atoms with Crippen molar-refractivity contribution in [1.29, 1.82) is 0 Å². The number of aliphatic hydroxyl groups excluding tert-OH is 1. The molecule has 0 bridgehead atoms. The molecule has 2 N–H and O–H groups in total. The van der Waals surface area contributed by atoms with E-state index < -0.39 is 0 Å². The molecule has 0 aliphatic heterocycles. The summed E-state index contributed by atoms with van der Waals surface area (Å²) in [5.74, 6) is 1.64. The summed E-state index contributed by atoms with van der Waals surface area (Å²) in [5, 5.41) is 12.7. The van der Waals surface area contributed by atoms with E-state index in [1.165, 1.54) is 5.56 Å². The molecule has 0 aliphatic rings. The van der Waals surface area contributed by atoms with Crippen LogP contribution in [0.25, 0.3) is 0 Å². The maximum Gasteiger partial charge on any atom is 0.124 e. The molecule has 0 saturated carbocycles. The topological polar surface area (TPSA) is 50.7 Å². The second-order valence-electron chi connectivity index (χ2n) is 5.30. The van der Waals surface area contributed by atoms with Gasteiger partial charge in [-0.3, -0.25) is 0 Å². The van der Waals surface area contributed by atoms with E-state index in [1.807, 2.05) is 32.0 Å². The number of hydrogen-bond donors (Lipinski definition) is 2. The van der Waals surface area contributed by atoms with Crippen molar-refractivity contribution in [2.45, 2.75) is 27.0 Å². The van der Waals surface area contributed by atoms with Gasteiger partial charge in [0.2, 0.25) is 0 Å². The fourth-order valence-electron chi connectivity index (χ4n) is 2.68. The van der Waals surface area contributed by atoms with Crippen LogP contribution in [0.3, 0.4) is 0 Å². The molecule has 0 radical (unpaired) electrons. The number of rotatable bonds is 6. The molecule has 0 heterocycles. The zero-order valence-electron chi connectivity index (χ0n) is 13.6. The third-order valence-electron chi connectivity index (χ3n) is 3.67. The fourth-order valence-corrected chi connectivity index (χ4v) is 2.68. The Kier molecular flexibility index (Phi) is 5.28. The Bertz CT molecular complexity index is 630. The smallest absolute Gasteiger partial charge is 0.124 e. The van der Waals surface area contributed by atoms with E-state index in [4.69, 9.17) is 9.47 Å². The summed E-state index contributed by atoms with van der Waals surface area (Å²) in [4.78, 5) is 0. The van der Waals surface area contributed by atoms with Crippen LogP contribution in [0.1, 0.15) is 22.3 Å². The molecule has 0 unspecified atom stereocenters. The third kappa shape index (κ3) is 3.52. The van der Waals surface area contributed by atoms with Crippen LogP contribution < -0.4 is 14.8 Å². The third-order valence-corrected chi connectivity index (χ3v) is 3.67. The van der Waals surface area contributed by atoms with E-state index in [9.17, 15) is 5.11 Å². The molecular weight excluding hydrogens is 278 g/mol. The van der Waals surface area contributed by atoms with E-state index in [0.29, 0.717) is 12.3 Å². The normalized spacial score (nSPS) is 10.4. The Labute approximate surface area is 131 Å². The molecule has 0 aromatic heterocycles. The summed E-state index contributed by atoms with van der Waals surface area (Å²) in [5.41, 5.74) is 5.18. The Hall–Kier alpha value is -2.20. The number of methoxy groups -OCH3 is 2. The predicted octanol–water partition coefficient (Wildman–Crippen LogP) is 3.43. The molecule has 4 nitrogen and oxygen atoms in total. The summed E-state index contributed by atoms with van der Waals surface area (Å²) in [7, 11) is 3.30. The lowest BCUT2D eigenvalue weighted by atomic mass is 10.1. The first-order valence-corrected chi connectivity index (χ1v) is 7.24. The predicted molar refractivity (Wildman–Crippen MR) is 88.7 cm³/mol. The molecule has 0 spiro atoms. The zero-order chi connectivity index (χ0) is 16.1. The number of anilines is 1. The maximum atomic E-state index is 9.37. The minimum Gasteiger partial charge on any atom is -0.496 e. The molecule has 2 rings (SSSR count). The SMILES string of the molecule is COc1ccc(NCc2cc(C)c(OC)c(C)c2)cc1CO. The Morgan fingerprint density at radius 3 is 2.23 bits per heavy atom. The average molecular weight is 301 g/mol. The number of aryl methyl sites for hydroxylation is 2. The van der Waals surface area contributed by atoms with E-state index in [0.717, 1.165) is 28.1 Å². The van der Waals surface area contributed by atoms with E-state index in [1.54, 1.807) is 14.2 Å². The number of ether oxygens (including phenoxy) is 2. The van der Waals surface area contributed by atoms with Crippen molar-refractivity contribution in [2.24, 2.45) is 0 Å². The zero-order valence-corrected chi connectivity index (χ0v) is 13.6. The molecule has 0 amide bonds. The van der Waals surface area contributed by atoms with E-state index in [-0.39, 0.29) is 6.61 Å². The fraction of sp³-hybridized carbons (Fsp3) is 0.333. The highest BCUT2D eigenvalue weighted by molar-refractivity contribution is 5.52. The molecule has 0 atom stereocenters. The lowest BCUT2D eigenvalue weighted by Gasteiger charge is -2.14. The van der Waals surface area contributed by atoms with Crippen LogP contribution in [-0.4, -0.2) is 19.3 Å². The van der Waals surface area contributed by atoms with Crippen LogP contribution in [0, 0.1) is 13.8 Å². The van der Waals surface area contributed by atoms with Crippen LogP contribution >= 0.6 is 0 Å². The molecule has 0 aliphatic carbocycles. The summed E-state index contributed by atoms with van der Waals surface area (Å²) < 4.78 is 10.6. The number of benzene rings is 2. The molecule has 0 fully saturated rings. The highest BCUT2D eigenvalue weighted by atomic mass is 16.5. The Morgan fingerprint density at radius 1 is 1.00 bits per heavy atom. The molecular formula is C18H23NO3. The van der Waals surface area contributed by atoms with Gasteiger partial charge in [0.1, 0.15) is 11.5 Å². The minimum atomic E-state index is -0.0422. The Balaban J connectivity index is 2.13. The minimum absolute atomic E-state index is 0.0422. The van der Waals surface area contributed by atoms with Gasteiger partial charge in [-0.1, -0.05) is 12.1 Å². The van der Waals surface area contributed by atoms with Gasteiger partial charge in [0.15, 0.2) is 0 Å². The first-order chi connectivity index (χ1) is 10.6. The monoisotopic (exact) mass is 301 g/mol. The van der Waals surface area contributed by atoms with Gasteiger partial charge in [-0.2, -0.15) is 0 Å². The number of hydrogen-bond acceptors (Lipinski definition) is 4. The van der Waals surface area contributed by atoms with Crippen LogP contribution in [0.15, 0.2) is 30.3 Å². The van der Waals surface area contributed by atoms with Crippen molar-refractivity contribution in [2.75, 3.05) is 19.5 Å². The quantitative estimate of drug-likeness (QED) is 0.858. The van der Waals surface area contributed by atoms with Crippen molar-refractivity contribution in [1.82, 2.24) is 0 Å². The molecule has 0 saturated heterocycles. The lowest BCUT2D eigenvalue weighted by molar-refractivity contribution is 0.274. The first kappa shape index (κ1) is 16.2. The van der Waals surface area contributed by atoms with Crippen LogP contribution in [0.2, 0.25) is 0 Å².